The first-order valence-corrected chi connectivity index (χ1v) is 8.04. The van der Waals surface area contributed by atoms with Crippen molar-refractivity contribution in [3.63, 3.8) is 0 Å². The highest BCUT2D eigenvalue weighted by atomic mass is 16.2. The third-order valence-electron chi connectivity index (χ3n) is 4.35. The lowest BCUT2D eigenvalue weighted by Gasteiger charge is -2.25. The molecule has 1 fully saturated rings. The molecule has 0 aromatic heterocycles. The van der Waals surface area contributed by atoms with Gasteiger partial charge in [-0.3, -0.25) is 14.4 Å². The highest BCUT2D eigenvalue weighted by Crippen LogP contribution is 2.23. The highest BCUT2D eigenvalue weighted by Gasteiger charge is 2.37. The lowest BCUT2D eigenvalue weighted by Crippen LogP contribution is -2.47. The van der Waals surface area contributed by atoms with Gasteiger partial charge in [0, 0.05) is 17.3 Å². The number of hydrogen-bond donors (Lipinski definition) is 2. The quantitative estimate of drug-likeness (QED) is 0.648. The maximum atomic E-state index is 12.5. The molecule has 0 saturated heterocycles. The van der Waals surface area contributed by atoms with E-state index in [1.54, 1.807) is 38.1 Å². The largest absolute Gasteiger partial charge is 0.352 e. The normalized spacial score (nSPS) is 15.3. The third-order valence-corrected chi connectivity index (χ3v) is 4.35. The molecule has 0 bridgehead atoms. The summed E-state index contributed by atoms with van der Waals surface area (Å²) in [4.78, 5) is 36.3. The van der Waals surface area contributed by atoms with E-state index < -0.39 is 5.41 Å². The number of hydrogen-bond acceptors (Lipinski definition) is 3. The lowest BCUT2D eigenvalue weighted by atomic mass is 9.90. The highest BCUT2D eigenvalue weighted by molar-refractivity contribution is 6.10. The van der Waals surface area contributed by atoms with Crippen LogP contribution < -0.4 is 10.6 Å². The van der Waals surface area contributed by atoms with Crippen LogP contribution in [0.1, 0.15) is 56.8 Å². The van der Waals surface area contributed by atoms with Crippen LogP contribution in [0, 0.1) is 5.41 Å². The predicted octanol–water partition coefficient (Wildman–Crippen LogP) is 2.91. The molecule has 2 amide bonds. The second kappa shape index (κ2) is 6.94. The summed E-state index contributed by atoms with van der Waals surface area (Å²) in [5, 5.41) is 5.69. The molecule has 1 aromatic rings. The van der Waals surface area contributed by atoms with Gasteiger partial charge in [-0.2, -0.15) is 0 Å². The SMILES string of the molecule is CC(=O)c1cccc(NC(=O)C(C)(C)C(=O)NC2CCCC2)c1. The van der Waals surface area contributed by atoms with E-state index in [1.807, 2.05) is 0 Å². The number of amides is 2. The van der Waals surface area contributed by atoms with Gasteiger partial charge < -0.3 is 10.6 Å². The zero-order valence-corrected chi connectivity index (χ0v) is 13.9. The van der Waals surface area contributed by atoms with Crippen molar-refractivity contribution < 1.29 is 14.4 Å². The van der Waals surface area contributed by atoms with E-state index in [-0.39, 0.29) is 23.6 Å². The Morgan fingerprint density at radius 2 is 1.74 bits per heavy atom. The molecule has 0 atom stereocenters. The molecule has 0 unspecified atom stereocenters. The Hall–Kier alpha value is -2.17. The molecule has 0 radical (unpaired) electrons. The van der Waals surface area contributed by atoms with Crippen molar-refractivity contribution in [1.82, 2.24) is 5.32 Å². The summed E-state index contributed by atoms with van der Waals surface area (Å²) in [5.41, 5.74) is -0.130. The van der Waals surface area contributed by atoms with Gasteiger partial charge in [-0.1, -0.05) is 25.0 Å². The summed E-state index contributed by atoms with van der Waals surface area (Å²) >= 11 is 0. The van der Waals surface area contributed by atoms with Gasteiger partial charge in [0.1, 0.15) is 5.41 Å². The van der Waals surface area contributed by atoms with Crippen molar-refractivity contribution in [1.29, 1.82) is 0 Å². The first-order chi connectivity index (χ1) is 10.8. The second-order valence-electron chi connectivity index (χ2n) is 6.67. The lowest BCUT2D eigenvalue weighted by molar-refractivity contribution is -0.138. The number of carbonyl (C=O) groups is 3. The van der Waals surface area contributed by atoms with Crippen LogP contribution in [0.2, 0.25) is 0 Å². The monoisotopic (exact) mass is 316 g/mol. The summed E-state index contributed by atoms with van der Waals surface area (Å²) in [5.74, 6) is -0.711. The van der Waals surface area contributed by atoms with Crippen LogP contribution in [-0.4, -0.2) is 23.6 Å². The fourth-order valence-corrected chi connectivity index (χ4v) is 2.64. The third kappa shape index (κ3) is 4.18. The minimum absolute atomic E-state index is 0.0701. The van der Waals surface area contributed by atoms with Crippen molar-refractivity contribution in [2.24, 2.45) is 5.41 Å². The van der Waals surface area contributed by atoms with Gasteiger partial charge in [-0.25, -0.2) is 0 Å². The number of carbonyl (C=O) groups excluding carboxylic acids is 3. The number of anilines is 1. The molecule has 124 valence electrons. The zero-order valence-electron chi connectivity index (χ0n) is 13.9. The van der Waals surface area contributed by atoms with Crippen molar-refractivity contribution in [3.8, 4) is 0 Å². The van der Waals surface area contributed by atoms with Crippen molar-refractivity contribution in [2.45, 2.75) is 52.5 Å². The van der Waals surface area contributed by atoms with Crippen LogP contribution in [0.15, 0.2) is 24.3 Å². The van der Waals surface area contributed by atoms with E-state index >= 15 is 0 Å². The van der Waals surface area contributed by atoms with Crippen molar-refractivity contribution in [2.75, 3.05) is 5.32 Å². The summed E-state index contributed by atoms with van der Waals surface area (Å²) in [6.45, 7) is 4.70. The van der Waals surface area contributed by atoms with Gasteiger partial charge in [-0.15, -0.1) is 0 Å². The van der Waals surface area contributed by atoms with Gasteiger partial charge in [0.15, 0.2) is 5.78 Å². The number of nitrogens with one attached hydrogen (secondary N) is 2. The molecule has 5 nitrogen and oxygen atoms in total. The molecule has 1 aliphatic carbocycles. The Balaban J connectivity index is 2.04. The minimum atomic E-state index is -1.17. The topological polar surface area (TPSA) is 75.3 Å². The molecule has 2 rings (SSSR count). The summed E-state index contributed by atoms with van der Waals surface area (Å²) in [6.07, 6.45) is 4.19. The van der Waals surface area contributed by atoms with Crippen LogP contribution in [0.5, 0.6) is 0 Å². The standard InChI is InChI=1S/C18H24N2O3/c1-12(21)13-7-6-10-15(11-13)20-17(23)18(2,3)16(22)19-14-8-4-5-9-14/h6-7,10-11,14H,4-5,8-9H2,1-3H3,(H,19,22)(H,20,23). The van der Waals surface area contributed by atoms with Crippen molar-refractivity contribution >= 4 is 23.3 Å². The van der Waals surface area contributed by atoms with Crippen molar-refractivity contribution in [3.05, 3.63) is 29.8 Å². The first kappa shape index (κ1) is 17.2. The van der Waals surface area contributed by atoms with Crippen LogP contribution in [0.25, 0.3) is 0 Å². The van der Waals surface area contributed by atoms with E-state index in [2.05, 4.69) is 10.6 Å². The molecule has 0 heterocycles. The Bertz CT molecular complexity index is 616. The van der Waals surface area contributed by atoms with Crippen LogP contribution in [0.3, 0.4) is 0 Å². The Morgan fingerprint density at radius 3 is 2.35 bits per heavy atom. The molecule has 23 heavy (non-hydrogen) atoms. The maximum Gasteiger partial charge on any atom is 0.239 e. The summed E-state index contributed by atoms with van der Waals surface area (Å²) in [7, 11) is 0. The zero-order chi connectivity index (χ0) is 17.0. The average Bonchev–Trinajstić information content (AvgIpc) is 3.00. The van der Waals surface area contributed by atoms with Crippen LogP contribution in [-0.2, 0) is 9.59 Å². The molecule has 2 N–H and O–H groups in total. The van der Waals surface area contributed by atoms with Gasteiger partial charge >= 0.3 is 0 Å². The molecule has 0 aliphatic heterocycles. The van der Waals surface area contributed by atoms with Crippen LogP contribution in [0.4, 0.5) is 5.69 Å². The van der Waals surface area contributed by atoms with Gasteiger partial charge in [0.2, 0.25) is 11.8 Å². The summed E-state index contributed by atoms with van der Waals surface area (Å²) in [6, 6.07) is 6.89. The smallest absolute Gasteiger partial charge is 0.239 e. The fourth-order valence-electron chi connectivity index (χ4n) is 2.64. The molecular weight excluding hydrogens is 292 g/mol. The Kier molecular flexibility index (Phi) is 5.19. The van der Waals surface area contributed by atoms with Gasteiger partial charge in [0.05, 0.1) is 0 Å². The minimum Gasteiger partial charge on any atom is -0.352 e. The molecule has 0 spiro atoms. The molecule has 1 saturated carbocycles. The van der Waals surface area contributed by atoms with Gasteiger partial charge in [-0.05, 0) is 45.7 Å². The van der Waals surface area contributed by atoms with E-state index in [0.29, 0.717) is 11.3 Å². The fraction of sp³-hybridized carbons (Fsp3) is 0.500. The van der Waals surface area contributed by atoms with E-state index in [9.17, 15) is 14.4 Å². The average molecular weight is 316 g/mol. The number of Topliss-reactive ketones (excluding diaryl/α,β-unsaturated/α-hetero) is 1. The molecule has 1 aromatic carbocycles. The Labute approximate surface area is 136 Å². The maximum absolute atomic E-state index is 12.5. The number of ketones is 1. The van der Waals surface area contributed by atoms with E-state index in [1.165, 1.54) is 6.92 Å². The van der Waals surface area contributed by atoms with Crippen LogP contribution >= 0.6 is 0 Å². The van der Waals surface area contributed by atoms with Gasteiger partial charge in [0.25, 0.3) is 0 Å². The number of benzene rings is 1. The Morgan fingerprint density at radius 1 is 1.09 bits per heavy atom. The predicted molar refractivity (Wildman–Crippen MR) is 89.3 cm³/mol. The number of rotatable bonds is 5. The van der Waals surface area contributed by atoms with E-state index in [4.69, 9.17) is 0 Å². The first-order valence-electron chi connectivity index (χ1n) is 8.04. The second-order valence-corrected chi connectivity index (χ2v) is 6.67. The summed E-state index contributed by atoms with van der Waals surface area (Å²) < 4.78 is 0. The molecular formula is C18H24N2O3. The van der Waals surface area contributed by atoms with E-state index in [0.717, 1.165) is 25.7 Å². The molecule has 1 aliphatic rings. The molecule has 5 heteroatoms.